The predicted molar refractivity (Wildman–Crippen MR) is 156 cm³/mol. The number of rotatable bonds is 11. The van der Waals surface area contributed by atoms with Crippen molar-refractivity contribution in [1.82, 2.24) is 30.4 Å². The van der Waals surface area contributed by atoms with Gasteiger partial charge in [-0.25, -0.2) is 0 Å². The van der Waals surface area contributed by atoms with E-state index >= 15 is 0 Å². The van der Waals surface area contributed by atoms with Crippen molar-refractivity contribution in [3.05, 3.63) is 83.2 Å². The van der Waals surface area contributed by atoms with E-state index in [1.54, 1.807) is 55.5 Å². The lowest BCUT2D eigenvalue weighted by Crippen LogP contribution is -2.42. The predicted octanol–water partition coefficient (Wildman–Crippen LogP) is 4.19. The van der Waals surface area contributed by atoms with Gasteiger partial charge in [0.15, 0.2) is 5.78 Å². The van der Waals surface area contributed by atoms with Crippen molar-refractivity contribution in [1.29, 1.82) is 0 Å². The Morgan fingerprint density at radius 3 is 2.54 bits per heavy atom. The van der Waals surface area contributed by atoms with Crippen LogP contribution in [0.25, 0.3) is 17.5 Å². The van der Waals surface area contributed by atoms with Crippen LogP contribution in [0.3, 0.4) is 0 Å². The smallest absolute Gasteiger partial charge is 0.244 e. The fraction of sp³-hybridized carbons (Fsp3) is 0.333. The molecular weight excluding hydrogens is 544 g/mol. The van der Waals surface area contributed by atoms with Gasteiger partial charge in [-0.05, 0) is 71.9 Å². The molecule has 1 fully saturated rings. The molecule has 4 rings (SSSR count). The number of benzene rings is 2. The summed E-state index contributed by atoms with van der Waals surface area (Å²) in [4.78, 5) is 40.0. The molecule has 1 saturated heterocycles. The van der Waals surface area contributed by atoms with Crippen LogP contribution in [0.1, 0.15) is 49.3 Å². The van der Waals surface area contributed by atoms with Gasteiger partial charge in [-0.15, -0.1) is 5.10 Å². The average Bonchev–Trinajstić information content (AvgIpc) is 3.49. The number of aliphatic hydroxyl groups excluding tert-OH is 1. The number of hydrogen-bond acceptors (Lipinski definition) is 7. The quantitative estimate of drug-likeness (QED) is 0.258. The second-order valence-corrected chi connectivity index (χ2v) is 10.6. The van der Waals surface area contributed by atoms with Gasteiger partial charge in [0.05, 0.1) is 11.7 Å². The third-order valence-corrected chi connectivity index (χ3v) is 7.53. The number of tetrazole rings is 1. The Morgan fingerprint density at radius 1 is 1.17 bits per heavy atom. The number of aliphatic hydroxyl groups is 1. The summed E-state index contributed by atoms with van der Waals surface area (Å²) >= 11 is 6.18. The van der Waals surface area contributed by atoms with E-state index in [-0.39, 0.29) is 23.9 Å². The van der Waals surface area contributed by atoms with Crippen LogP contribution in [0.5, 0.6) is 0 Å². The normalized spacial score (nSPS) is 14.6. The standard InChI is InChI=1S/C30H33ClN6O4/c1-20(38)24-6-3-23(4-7-24)17-29(40)27(10-5-22-13-15-36(16-14-22)21(2)39)33-30(41)12-8-25-18-26(31)9-11-28(25)37-19-32-34-35-37/h3-4,6-9,11-12,18-19,22,27,38H,1,5,10,13-17H2,2H3,(H,33,41)/b12-8+/t27-/m0/s1. The molecule has 2 aromatic carbocycles. The Bertz CT molecular complexity index is 1410. The van der Waals surface area contributed by atoms with Crippen molar-refractivity contribution >= 4 is 41.0 Å². The highest BCUT2D eigenvalue weighted by molar-refractivity contribution is 6.30. The van der Waals surface area contributed by atoms with Crippen LogP contribution in [0.15, 0.2) is 61.4 Å². The largest absolute Gasteiger partial charge is 0.508 e. The van der Waals surface area contributed by atoms with Crippen LogP contribution in [0, 0.1) is 5.92 Å². The molecule has 0 saturated carbocycles. The summed E-state index contributed by atoms with van der Waals surface area (Å²) in [6.45, 7) is 6.51. The number of ketones is 1. The van der Waals surface area contributed by atoms with Crippen LogP contribution >= 0.6 is 11.6 Å². The fourth-order valence-corrected chi connectivity index (χ4v) is 5.10. The molecule has 1 aromatic heterocycles. The highest BCUT2D eigenvalue weighted by Gasteiger charge is 2.25. The van der Waals surface area contributed by atoms with Gasteiger partial charge in [-0.1, -0.05) is 42.4 Å². The molecule has 2 amide bonds. The monoisotopic (exact) mass is 576 g/mol. The van der Waals surface area contributed by atoms with E-state index in [1.807, 2.05) is 4.90 Å². The van der Waals surface area contributed by atoms with Crippen LogP contribution in [-0.2, 0) is 20.8 Å². The Kier molecular flexibility index (Phi) is 10.0. The Hall–Kier alpha value is -4.31. The maximum atomic E-state index is 13.4. The molecule has 1 aliphatic rings. The van der Waals surface area contributed by atoms with E-state index in [9.17, 15) is 19.5 Å². The maximum Gasteiger partial charge on any atom is 0.244 e. The molecule has 0 radical (unpaired) electrons. The van der Waals surface area contributed by atoms with E-state index in [4.69, 9.17) is 11.6 Å². The molecule has 0 bridgehead atoms. The maximum absolute atomic E-state index is 13.4. The number of carbonyl (C=O) groups excluding carboxylic acids is 3. The first-order valence-electron chi connectivity index (χ1n) is 13.5. The summed E-state index contributed by atoms with van der Waals surface area (Å²) in [5, 5.41) is 24.2. The number of halogens is 1. The van der Waals surface area contributed by atoms with Gasteiger partial charge >= 0.3 is 0 Å². The molecule has 0 aliphatic carbocycles. The van der Waals surface area contributed by atoms with Crippen molar-refractivity contribution < 1.29 is 19.5 Å². The van der Waals surface area contributed by atoms with Crippen molar-refractivity contribution in [2.24, 2.45) is 5.92 Å². The van der Waals surface area contributed by atoms with Crippen molar-refractivity contribution in [3.8, 4) is 5.69 Å². The van der Waals surface area contributed by atoms with Crippen LogP contribution in [-0.4, -0.2) is 66.9 Å². The van der Waals surface area contributed by atoms with Gasteiger partial charge in [-0.2, -0.15) is 4.68 Å². The van der Waals surface area contributed by atoms with Crippen molar-refractivity contribution in [2.45, 2.75) is 45.1 Å². The summed E-state index contributed by atoms with van der Waals surface area (Å²) < 4.78 is 1.47. The molecule has 10 nitrogen and oxygen atoms in total. The van der Waals surface area contributed by atoms with E-state index < -0.39 is 11.9 Å². The first kappa shape index (κ1) is 29.7. The van der Waals surface area contributed by atoms with Gasteiger partial charge in [-0.3, -0.25) is 14.4 Å². The molecule has 0 spiro atoms. The molecule has 11 heteroatoms. The second-order valence-electron chi connectivity index (χ2n) is 10.2. The first-order chi connectivity index (χ1) is 19.7. The number of likely N-dealkylation sites (tertiary alicyclic amines) is 1. The number of amides is 2. The lowest BCUT2D eigenvalue weighted by Gasteiger charge is -2.32. The molecule has 0 unspecified atom stereocenters. The molecule has 1 atom stereocenters. The van der Waals surface area contributed by atoms with Crippen LogP contribution < -0.4 is 5.32 Å². The zero-order valence-electron chi connectivity index (χ0n) is 22.9. The van der Waals surface area contributed by atoms with Crippen LogP contribution in [0.4, 0.5) is 0 Å². The minimum atomic E-state index is -0.691. The minimum Gasteiger partial charge on any atom is -0.508 e. The number of carbonyl (C=O) groups is 3. The zero-order chi connectivity index (χ0) is 29.4. The molecule has 214 valence electrons. The third-order valence-electron chi connectivity index (χ3n) is 7.29. The summed E-state index contributed by atoms with van der Waals surface area (Å²) in [6, 6.07) is 11.4. The van der Waals surface area contributed by atoms with Gasteiger partial charge < -0.3 is 15.3 Å². The molecular formula is C30H33ClN6O4. The molecule has 2 N–H and O–H groups in total. The Balaban J connectivity index is 1.45. The summed E-state index contributed by atoms with van der Waals surface area (Å²) in [5.74, 6) is -0.119. The van der Waals surface area contributed by atoms with Gasteiger partial charge in [0.2, 0.25) is 11.8 Å². The average molecular weight is 577 g/mol. The first-order valence-corrected chi connectivity index (χ1v) is 13.8. The topological polar surface area (TPSA) is 130 Å². The summed E-state index contributed by atoms with van der Waals surface area (Å²) in [5.41, 5.74) is 2.62. The van der Waals surface area contributed by atoms with E-state index in [2.05, 4.69) is 27.4 Å². The fourth-order valence-electron chi connectivity index (χ4n) is 4.92. The minimum absolute atomic E-state index is 0.0430. The highest BCUT2D eigenvalue weighted by atomic mass is 35.5. The lowest BCUT2D eigenvalue weighted by molar-refractivity contribution is -0.130. The summed E-state index contributed by atoms with van der Waals surface area (Å²) in [7, 11) is 0. The zero-order valence-corrected chi connectivity index (χ0v) is 23.6. The Morgan fingerprint density at radius 2 is 1.90 bits per heavy atom. The number of aromatic nitrogens is 4. The number of hydrogen-bond donors (Lipinski definition) is 2. The third kappa shape index (κ3) is 8.34. The lowest BCUT2D eigenvalue weighted by atomic mass is 9.89. The number of Topliss-reactive ketones (excluding diaryl/α,β-unsaturated/α-hetero) is 1. The molecule has 1 aliphatic heterocycles. The van der Waals surface area contributed by atoms with Crippen molar-refractivity contribution in [2.75, 3.05) is 13.1 Å². The van der Waals surface area contributed by atoms with Gasteiger partial charge in [0.25, 0.3) is 0 Å². The van der Waals surface area contributed by atoms with E-state index in [1.165, 1.54) is 17.1 Å². The summed E-state index contributed by atoms with van der Waals surface area (Å²) in [6.07, 6.45) is 7.54. The van der Waals surface area contributed by atoms with Crippen molar-refractivity contribution in [3.63, 3.8) is 0 Å². The number of piperidine rings is 1. The SMILES string of the molecule is C=C(O)c1ccc(CC(=O)[C@H](CCC2CCN(C(C)=O)CC2)NC(=O)/C=C/c2cc(Cl)ccc2-n2cnnn2)cc1. The van der Waals surface area contributed by atoms with E-state index in [0.29, 0.717) is 47.3 Å². The second kappa shape index (κ2) is 13.8. The Labute approximate surface area is 243 Å². The van der Waals surface area contributed by atoms with Gasteiger partial charge in [0.1, 0.15) is 12.1 Å². The molecule has 41 heavy (non-hydrogen) atoms. The van der Waals surface area contributed by atoms with E-state index in [0.717, 1.165) is 24.8 Å². The molecule has 2 heterocycles. The van der Waals surface area contributed by atoms with Crippen LogP contribution in [0.2, 0.25) is 5.02 Å². The number of nitrogens with one attached hydrogen (secondary N) is 1. The highest BCUT2D eigenvalue weighted by Crippen LogP contribution is 2.24. The van der Waals surface area contributed by atoms with Gasteiger partial charge in [0, 0.05) is 48.7 Å². The molecule has 3 aromatic rings. The number of nitrogens with zero attached hydrogens (tertiary/aromatic N) is 5.